The molecule has 1 aromatic heterocycles. The summed E-state index contributed by atoms with van der Waals surface area (Å²) >= 11 is 0. The normalized spacial score (nSPS) is 12.2. The highest BCUT2D eigenvalue weighted by Gasteiger charge is 2.27. The molecule has 7 heteroatoms. The topological polar surface area (TPSA) is 94.7 Å². The second kappa shape index (κ2) is 9.81. The summed E-state index contributed by atoms with van der Waals surface area (Å²) in [5.74, 6) is -0.815. The molecule has 1 heterocycles. The maximum Gasteiger partial charge on any atom is 0.339 e. The molecule has 0 aliphatic rings. The largest absolute Gasteiger partial charge is 0.493 e. The molecule has 0 fully saturated rings. The average molecular weight is 430 g/mol. The Hall–Kier alpha value is -3.09. The van der Waals surface area contributed by atoms with Gasteiger partial charge < -0.3 is 19.2 Å². The maximum absolute atomic E-state index is 12.7. The molecule has 0 saturated carbocycles. The van der Waals surface area contributed by atoms with Gasteiger partial charge in [-0.25, -0.2) is 4.79 Å². The number of ketones is 1. The number of methoxy groups -OCH3 is 1. The first-order valence-electron chi connectivity index (χ1n) is 10.2. The fraction of sp³-hybridized carbons (Fsp3) is 0.458. The average Bonchev–Trinajstić information content (AvgIpc) is 3.00. The van der Waals surface area contributed by atoms with Crippen LogP contribution in [0.5, 0.6) is 5.75 Å². The number of hydrogen-bond donors (Lipinski definition) is 1. The Kier molecular flexibility index (Phi) is 7.65. The molecular weight excluding hydrogens is 398 g/mol. The van der Waals surface area contributed by atoms with Gasteiger partial charge in [0.15, 0.2) is 6.10 Å². The van der Waals surface area contributed by atoms with E-state index in [1.807, 2.05) is 24.3 Å². The number of ether oxygens (including phenoxy) is 3. The molecule has 0 radical (unpaired) electrons. The maximum atomic E-state index is 12.7. The minimum atomic E-state index is -0.999. The Balaban J connectivity index is 1.90. The van der Waals surface area contributed by atoms with E-state index in [0.29, 0.717) is 22.6 Å². The number of Topliss-reactive ketones (excluding diaryl/α,β-unsaturated/α-hetero) is 1. The van der Waals surface area contributed by atoms with Crippen molar-refractivity contribution in [2.75, 3.05) is 13.7 Å². The first kappa shape index (κ1) is 24.2. The van der Waals surface area contributed by atoms with Gasteiger partial charge in [-0.3, -0.25) is 9.59 Å². The second-order valence-electron chi connectivity index (χ2n) is 8.49. The standard InChI is InChI=1S/C24H31NO6/c1-14-20(23(28)29-7)15(2)25-21(14)22(27)16(3)31-19(26)12-13-30-18-10-8-17(9-11-18)24(4,5)6/h8-11,16,25H,12-13H2,1-7H3/t16-/m1/s1. The summed E-state index contributed by atoms with van der Waals surface area (Å²) in [6, 6.07) is 7.73. The first-order chi connectivity index (χ1) is 14.5. The van der Waals surface area contributed by atoms with E-state index in [4.69, 9.17) is 14.2 Å². The quantitative estimate of drug-likeness (QED) is 0.497. The number of esters is 2. The lowest BCUT2D eigenvalue weighted by Gasteiger charge is -2.19. The molecule has 0 bridgehead atoms. The van der Waals surface area contributed by atoms with E-state index in [1.165, 1.54) is 19.6 Å². The monoisotopic (exact) mass is 429 g/mol. The molecular formula is C24H31NO6. The third-order valence-electron chi connectivity index (χ3n) is 5.05. The molecule has 0 unspecified atom stereocenters. The SMILES string of the molecule is COC(=O)c1c(C)[nH]c(C(=O)[C@@H](C)OC(=O)CCOc2ccc(C(C)(C)C)cc2)c1C. The van der Waals surface area contributed by atoms with Gasteiger partial charge in [0, 0.05) is 5.69 Å². The fourth-order valence-electron chi connectivity index (χ4n) is 3.22. The van der Waals surface area contributed by atoms with Crippen molar-refractivity contribution in [3.8, 4) is 5.75 Å². The molecule has 1 N–H and O–H groups in total. The van der Waals surface area contributed by atoms with Crippen LogP contribution < -0.4 is 4.74 Å². The predicted molar refractivity (Wildman–Crippen MR) is 117 cm³/mol. The van der Waals surface area contributed by atoms with Gasteiger partial charge in [-0.2, -0.15) is 0 Å². The number of aromatic amines is 1. The van der Waals surface area contributed by atoms with Crippen molar-refractivity contribution in [2.24, 2.45) is 0 Å². The Bertz CT molecular complexity index is 950. The van der Waals surface area contributed by atoms with E-state index in [1.54, 1.807) is 13.8 Å². The van der Waals surface area contributed by atoms with Crippen LogP contribution in [0.1, 0.15) is 71.8 Å². The highest BCUT2D eigenvalue weighted by molar-refractivity contribution is 6.03. The van der Waals surface area contributed by atoms with Gasteiger partial charge in [0.05, 0.1) is 31.4 Å². The molecule has 2 aromatic rings. The number of hydrogen-bond acceptors (Lipinski definition) is 6. The molecule has 0 aliphatic carbocycles. The smallest absolute Gasteiger partial charge is 0.339 e. The molecule has 0 saturated heterocycles. The number of H-pyrrole nitrogens is 1. The molecule has 168 valence electrons. The van der Waals surface area contributed by atoms with Gasteiger partial charge in [-0.1, -0.05) is 32.9 Å². The first-order valence-corrected chi connectivity index (χ1v) is 10.2. The molecule has 0 amide bonds. The molecule has 1 atom stereocenters. The summed E-state index contributed by atoms with van der Waals surface area (Å²) in [6.07, 6.45) is -0.991. The lowest BCUT2D eigenvalue weighted by Crippen LogP contribution is -2.26. The summed E-state index contributed by atoms with van der Waals surface area (Å²) in [6.45, 7) is 11.4. The fourth-order valence-corrected chi connectivity index (χ4v) is 3.22. The van der Waals surface area contributed by atoms with Crippen LogP contribution in [0.25, 0.3) is 0 Å². The zero-order valence-electron chi connectivity index (χ0n) is 19.3. The van der Waals surface area contributed by atoms with Crippen LogP contribution in [-0.4, -0.2) is 42.5 Å². The van der Waals surface area contributed by atoms with Crippen molar-refractivity contribution in [3.63, 3.8) is 0 Å². The Morgan fingerprint density at radius 3 is 2.23 bits per heavy atom. The van der Waals surface area contributed by atoms with Gasteiger partial charge >= 0.3 is 11.9 Å². The van der Waals surface area contributed by atoms with E-state index in [9.17, 15) is 14.4 Å². The summed E-state index contributed by atoms with van der Waals surface area (Å²) < 4.78 is 15.6. The lowest BCUT2D eigenvalue weighted by molar-refractivity contribution is -0.146. The van der Waals surface area contributed by atoms with Crippen molar-refractivity contribution >= 4 is 17.7 Å². The third-order valence-corrected chi connectivity index (χ3v) is 5.05. The lowest BCUT2D eigenvalue weighted by atomic mass is 9.87. The van der Waals surface area contributed by atoms with E-state index in [0.717, 1.165) is 0 Å². The van der Waals surface area contributed by atoms with Crippen molar-refractivity contribution < 1.29 is 28.6 Å². The Labute approximate surface area is 183 Å². The van der Waals surface area contributed by atoms with E-state index < -0.39 is 23.8 Å². The minimum absolute atomic E-state index is 0.00872. The summed E-state index contributed by atoms with van der Waals surface area (Å²) in [7, 11) is 1.28. The van der Waals surface area contributed by atoms with Gasteiger partial charge in [0.25, 0.3) is 0 Å². The number of benzene rings is 1. The summed E-state index contributed by atoms with van der Waals surface area (Å²) in [4.78, 5) is 39.6. The van der Waals surface area contributed by atoms with Crippen LogP contribution in [0.15, 0.2) is 24.3 Å². The number of rotatable bonds is 8. The van der Waals surface area contributed by atoms with E-state index in [-0.39, 0.29) is 24.1 Å². The number of aryl methyl sites for hydroxylation is 1. The summed E-state index contributed by atoms with van der Waals surface area (Å²) in [5, 5.41) is 0. The predicted octanol–water partition coefficient (Wildman–Crippen LogP) is 4.30. The van der Waals surface area contributed by atoms with Crippen LogP contribution in [-0.2, 0) is 19.7 Å². The van der Waals surface area contributed by atoms with Crippen LogP contribution in [0.2, 0.25) is 0 Å². The minimum Gasteiger partial charge on any atom is -0.493 e. The molecule has 2 rings (SSSR count). The number of carbonyl (C=O) groups excluding carboxylic acids is 3. The number of carbonyl (C=O) groups is 3. The van der Waals surface area contributed by atoms with Gasteiger partial charge in [-0.15, -0.1) is 0 Å². The van der Waals surface area contributed by atoms with E-state index in [2.05, 4.69) is 25.8 Å². The van der Waals surface area contributed by atoms with Crippen molar-refractivity contribution in [1.29, 1.82) is 0 Å². The van der Waals surface area contributed by atoms with Crippen LogP contribution in [0.4, 0.5) is 0 Å². The highest BCUT2D eigenvalue weighted by Crippen LogP contribution is 2.24. The van der Waals surface area contributed by atoms with Crippen LogP contribution in [0.3, 0.4) is 0 Å². The van der Waals surface area contributed by atoms with Crippen molar-refractivity contribution in [2.45, 2.75) is 59.5 Å². The van der Waals surface area contributed by atoms with Crippen molar-refractivity contribution in [1.82, 2.24) is 4.98 Å². The molecule has 1 aromatic carbocycles. The molecule has 0 spiro atoms. The van der Waals surface area contributed by atoms with Gasteiger partial charge in [0.1, 0.15) is 5.75 Å². The highest BCUT2D eigenvalue weighted by atomic mass is 16.5. The Morgan fingerprint density at radius 2 is 1.68 bits per heavy atom. The molecule has 0 aliphatic heterocycles. The van der Waals surface area contributed by atoms with Crippen LogP contribution >= 0.6 is 0 Å². The molecule has 7 nitrogen and oxygen atoms in total. The number of nitrogens with one attached hydrogen (secondary N) is 1. The van der Waals surface area contributed by atoms with Gasteiger partial charge in [-0.05, 0) is 49.4 Å². The zero-order valence-corrected chi connectivity index (χ0v) is 19.3. The Morgan fingerprint density at radius 1 is 1.06 bits per heavy atom. The van der Waals surface area contributed by atoms with Crippen molar-refractivity contribution in [3.05, 3.63) is 52.3 Å². The van der Waals surface area contributed by atoms with Crippen LogP contribution in [0, 0.1) is 13.8 Å². The third kappa shape index (κ3) is 5.96. The van der Waals surface area contributed by atoms with Gasteiger partial charge in [0.2, 0.25) is 5.78 Å². The summed E-state index contributed by atoms with van der Waals surface area (Å²) in [5.41, 5.74) is 2.79. The molecule has 31 heavy (non-hydrogen) atoms. The number of aromatic nitrogens is 1. The zero-order chi connectivity index (χ0) is 23.3. The second-order valence-corrected chi connectivity index (χ2v) is 8.49. The van der Waals surface area contributed by atoms with E-state index >= 15 is 0 Å².